The quantitative estimate of drug-likeness (QED) is 0.927. The lowest BCUT2D eigenvalue weighted by Crippen LogP contribution is -2.45. The molecule has 4 heteroatoms. The molecule has 1 fully saturated rings. The average molecular weight is 271 g/mol. The normalized spacial score (nSPS) is 17.9. The largest absolute Gasteiger partial charge is 0.314 e. The van der Waals surface area contributed by atoms with Gasteiger partial charge >= 0.3 is 0 Å². The Morgan fingerprint density at radius 1 is 1.05 bits per heavy atom. The lowest BCUT2D eigenvalue weighted by molar-refractivity contribution is 0.192. The van der Waals surface area contributed by atoms with Crippen LogP contribution in [0.5, 0.6) is 0 Å². The molecule has 1 atom stereocenters. The molecule has 1 aliphatic rings. The summed E-state index contributed by atoms with van der Waals surface area (Å²) in [5.74, 6) is -0.165. The Morgan fingerprint density at radius 3 is 2.50 bits per heavy atom. The van der Waals surface area contributed by atoms with Gasteiger partial charge in [0.1, 0.15) is 5.82 Å². The standard InChI is InChI=1S/C16H18FN3/c17-14-6-2-1-5-13(14)16(15-7-3-4-8-19-15)20-11-9-18-10-12-20/h1-8,16,18H,9-12H2. The summed E-state index contributed by atoms with van der Waals surface area (Å²) in [6.45, 7) is 3.65. The van der Waals surface area contributed by atoms with E-state index in [-0.39, 0.29) is 11.9 Å². The molecular weight excluding hydrogens is 253 g/mol. The van der Waals surface area contributed by atoms with Crippen molar-refractivity contribution in [2.75, 3.05) is 26.2 Å². The number of hydrogen-bond acceptors (Lipinski definition) is 3. The summed E-state index contributed by atoms with van der Waals surface area (Å²) in [5, 5.41) is 3.33. The maximum Gasteiger partial charge on any atom is 0.128 e. The number of nitrogens with one attached hydrogen (secondary N) is 1. The Balaban J connectivity index is 2.01. The van der Waals surface area contributed by atoms with E-state index in [4.69, 9.17) is 0 Å². The minimum Gasteiger partial charge on any atom is -0.314 e. The number of hydrogen-bond donors (Lipinski definition) is 1. The van der Waals surface area contributed by atoms with Crippen LogP contribution in [0.2, 0.25) is 0 Å². The molecule has 1 N–H and O–H groups in total. The Hall–Kier alpha value is -1.78. The van der Waals surface area contributed by atoms with Gasteiger partial charge in [-0.2, -0.15) is 0 Å². The second-order valence-corrected chi connectivity index (χ2v) is 4.96. The van der Waals surface area contributed by atoms with E-state index in [0.717, 1.165) is 31.9 Å². The smallest absolute Gasteiger partial charge is 0.128 e. The number of nitrogens with zero attached hydrogens (tertiary/aromatic N) is 2. The predicted molar refractivity (Wildman–Crippen MR) is 76.9 cm³/mol. The van der Waals surface area contributed by atoms with E-state index in [2.05, 4.69) is 15.2 Å². The van der Waals surface area contributed by atoms with Crippen LogP contribution < -0.4 is 5.32 Å². The van der Waals surface area contributed by atoms with E-state index in [1.165, 1.54) is 6.07 Å². The van der Waals surface area contributed by atoms with Crippen LogP contribution in [0, 0.1) is 5.82 Å². The zero-order valence-electron chi connectivity index (χ0n) is 11.3. The minimum absolute atomic E-state index is 0.112. The highest BCUT2D eigenvalue weighted by Crippen LogP contribution is 2.29. The molecule has 0 radical (unpaired) electrons. The van der Waals surface area contributed by atoms with E-state index in [9.17, 15) is 4.39 Å². The molecule has 0 spiro atoms. The molecule has 0 saturated carbocycles. The summed E-state index contributed by atoms with van der Waals surface area (Å²) in [4.78, 5) is 6.73. The fourth-order valence-electron chi connectivity index (χ4n) is 2.72. The van der Waals surface area contributed by atoms with Crippen LogP contribution in [0.1, 0.15) is 17.3 Å². The van der Waals surface area contributed by atoms with Crippen molar-refractivity contribution in [2.24, 2.45) is 0 Å². The van der Waals surface area contributed by atoms with Gasteiger partial charge in [0.05, 0.1) is 11.7 Å². The number of pyridine rings is 1. The predicted octanol–water partition coefficient (Wildman–Crippen LogP) is 2.22. The molecule has 0 bridgehead atoms. The van der Waals surface area contributed by atoms with E-state index < -0.39 is 0 Å². The van der Waals surface area contributed by atoms with Crippen molar-refractivity contribution in [1.82, 2.24) is 15.2 Å². The molecule has 3 nitrogen and oxygen atoms in total. The zero-order valence-corrected chi connectivity index (χ0v) is 11.3. The molecule has 2 aromatic rings. The van der Waals surface area contributed by atoms with Crippen molar-refractivity contribution in [3.63, 3.8) is 0 Å². The molecule has 2 heterocycles. The molecule has 104 valence electrons. The monoisotopic (exact) mass is 271 g/mol. The third kappa shape index (κ3) is 2.71. The summed E-state index contributed by atoms with van der Waals surface area (Å²) in [6, 6.07) is 12.7. The van der Waals surface area contributed by atoms with Crippen molar-refractivity contribution in [3.8, 4) is 0 Å². The topological polar surface area (TPSA) is 28.2 Å². The Kier molecular flexibility index (Phi) is 4.04. The lowest BCUT2D eigenvalue weighted by Gasteiger charge is -2.35. The van der Waals surface area contributed by atoms with Crippen LogP contribution in [0.3, 0.4) is 0 Å². The van der Waals surface area contributed by atoms with Gasteiger partial charge < -0.3 is 5.32 Å². The van der Waals surface area contributed by atoms with Gasteiger partial charge in [-0.3, -0.25) is 9.88 Å². The first-order chi connectivity index (χ1) is 9.86. The van der Waals surface area contributed by atoms with Gasteiger partial charge in [-0.15, -0.1) is 0 Å². The van der Waals surface area contributed by atoms with Crippen molar-refractivity contribution in [1.29, 1.82) is 0 Å². The maximum atomic E-state index is 14.2. The second kappa shape index (κ2) is 6.11. The molecule has 1 unspecified atom stereocenters. The number of benzene rings is 1. The maximum absolute atomic E-state index is 14.2. The van der Waals surface area contributed by atoms with Gasteiger partial charge in [0, 0.05) is 37.9 Å². The molecule has 1 aromatic heterocycles. The first-order valence-electron chi connectivity index (χ1n) is 6.96. The Bertz CT molecular complexity index is 553. The first kappa shape index (κ1) is 13.2. The summed E-state index contributed by atoms with van der Waals surface area (Å²) >= 11 is 0. The van der Waals surface area contributed by atoms with E-state index in [0.29, 0.717) is 5.56 Å². The van der Waals surface area contributed by atoms with Gasteiger partial charge in [0.15, 0.2) is 0 Å². The third-order valence-electron chi connectivity index (χ3n) is 3.68. The highest BCUT2D eigenvalue weighted by molar-refractivity contribution is 5.29. The molecule has 3 rings (SSSR count). The number of halogens is 1. The fourth-order valence-corrected chi connectivity index (χ4v) is 2.72. The molecule has 0 aliphatic carbocycles. The summed E-state index contributed by atoms with van der Waals surface area (Å²) in [6.07, 6.45) is 1.77. The Labute approximate surface area is 118 Å². The van der Waals surface area contributed by atoms with E-state index >= 15 is 0 Å². The number of aromatic nitrogens is 1. The van der Waals surface area contributed by atoms with Crippen molar-refractivity contribution < 1.29 is 4.39 Å². The minimum atomic E-state index is -0.165. The van der Waals surface area contributed by atoms with Crippen LogP contribution in [0.15, 0.2) is 48.7 Å². The summed E-state index contributed by atoms with van der Waals surface area (Å²) in [5.41, 5.74) is 1.60. The lowest BCUT2D eigenvalue weighted by atomic mass is 10.00. The molecular formula is C16H18FN3. The fraction of sp³-hybridized carbons (Fsp3) is 0.312. The van der Waals surface area contributed by atoms with E-state index in [1.54, 1.807) is 12.3 Å². The third-order valence-corrected chi connectivity index (χ3v) is 3.68. The first-order valence-corrected chi connectivity index (χ1v) is 6.96. The molecule has 1 saturated heterocycles. The molecule has 1 aromatic carbocycles. The molecule has 20 heavy (non-hydrogen) atoms. The second-order valence-electron chi connectivity index (χ2n) is 4.96. The van der Waals surface area contributed by atoms with Crippen molar-refractivity contribution in [3.05, 3.63) is 65.7 Å². The zero-order chi connectivity index (χ0) is 13.8. The highest BCUT2D eigenvalue weighted by Gasteiger charge is 2.26. The van der Waals surface area contributed by atoms with Crippen molar-refractivity contribution >= 4 is 0 Å². The molecule has 1 aliphatic heterocycles. The van der Waals surface area contributed by atoms with Crippen LogP contribution in [-0.4, -0.2) is 36.1 Å². The van der Waals surface area contributed by atoms with Crippen LogP contribution in [0.25, 0.3) is 0 Å². The summed E-state index contributed by atoms with van der Waals surface area (Å²) in [7, 11) is 0. The van der Waals surface area contributed by atoms with E-state index in [1.807, 2.05) is 30.3 Å². The van der Waals surface area contributed by atoms with Crippen molar-refractivity contribution in [2.45, 2.75) is 6.04 Å². The van der Waals surface area contributed by atoms with Gasteiger partial charge in [-0.1, -0.05) is 24.3 Å². The average Bonchev–Trinajstić information content (AvgIpc) is 2.52. The van der Waals surface area contributed by atoms with Gasteiger partial charge in [-0.05, 0) is 18.2 Å². The summed E-state index contributed by atoms with van der Waals surface area (Å²) < 4.78 is 14.2. The highest BCUT2D eigenvalue weighted by atomic mass is 19.1. The molecule has 0 amide bonds. The SMILES string of the molecule is Fc1ccccc1C(c1ccccn1)N1CCNCC1. The van der Waals surface area contributed by atoms with Gasteiger partial charge in [-0.25, -0.2) is 4.39 Å². The number of rotatable bonds is 3. The van der Waals surface area contributed by atoms with Gasteiger partial charge in [0.2, 0.25) is 0 Å². The van der Waals surface area contributed by atoms with Crippen LogP contribution in [0.4, 0.5) is 4.39 Å². The van der Waals surface area contributed by atoms with Gasteiger partial charge in [0.25, 0.3) is 0 Å². The van der Waals surface area contributed by atoms with Crippen LogP contribution in [-0.2, 0) is 0 Å². The Morgan fingerprint density at radius 2 is 1.80 bits per heavy atom. The van der Waals surface area contributed by atoms with Crippen LogP contribution >= 0.6 is 0 Å². The number of piperazine rings is 1.